The van der Waals surface area contributed by atoms with Gasteiger partial charge in [-0.05, 0) is 44.9 Å². The second-order valence-electron chi connectivity index (χ2n) is 6.11. The Morgan fingerprint density at radius 3 is 2.67 bits per heavy atom. The molecule has 1 aromatic heterocycles. The van der Waals surface area contributed by atoms with E-state index in [1.807, 2.05) is 0 Å². The van der Waals surface area contributed by atoms with E-state index in [0.717, 1.165) is 19.3 Å². The van der Waals surface area contributed by atoms with Gasteiger partial charge < -0.3 is 10.4 Å². The lowest BCUT2D eigenvalue weighted by atomic mass is 9.84. The summed E-state index contributed by atoms with van der Waals surface area (Å²) in [5, 5.41) is 12.3. The number of aliphatic carboxylic acids is 1. The number of aromatic nitrogens is 2. The third-order valence-corrected chi connectivity index (χ3v) is 4.84. The van der Waals surface area contributed by atoms with Crippen LogP contribution in [0.4, 0.5) is 0 Å². The van der Waals surface area contributed by atoms with Crippen LogP contribution >= 0.6 is 0 Å². The zero-order chi connectivity index (χ0) is 15.1. The van der Waals surface area contributed by atoms with Gasteiger partial charge in [0.25, 0.3) is 5.91 Å². The van der Waals surface area contributed by atoms with E-state index in [1.54, 1.807) is 13.8 Å². The molecule has 0 spiro atoms. The summed E-state index contributed by atoms with van der Waals surface area (Å²) in [6.07, 6.45) is 4.38. The summed E-state index contributed by atoms with van der Waals surface area (Å²) < 4.78 is 0. The van der Waals surface area contributed by atoms with Crippen molar-refractivity contribution in [1.82, 2.24) is 15.3 Å². The van der Waals surface area contributed by atoms with Crippen molar-refractivity contribution in [2.45, 2.75) is 39.2 Å². The van der Waals surface area contributed by atoms with E-state index in [-0.39, 0.29) is 23.8 Å². The maximum atomic E-state index is 12.4. The van der Waals surface area contributed by atoms with Crippen LogP contribution in [0.3, 0.4) is 0 Å². The standard InChI is InChI=1S/C15H19N3O3/c1-7-11(6-16-8(2)17-7)14(19)18-13-10-4-3-9(5-10)12(13)15(20)21/h6,9-10,12-13H,3-5H2,1-2H3,(H,18,19)(H,20,21)/t9-,10+,12+,13-/m0/s1. The molecule has 1 aromatic rings. The number of rotatable bonds is 3. The Labute approximate surface area is 123 Å². The fourth-order valence-electron chi connectivity index (χ4n) is 3.89. The molecule has 21 heavy (non-hydrogen) atoms. The molecule has 2 fully saturated rings. The van der Waals surface area contributed by atoms with Gasteiger partial charge in [0, 0.05) is 12.2 Å². The van der Waals surface area contributed by atoms with Gasteiger partial charge in [0.2, 0.25) is 0 Å². The summed E-state index contributed by atoms with van der Waals surface area (Å²) in [6.45, 7) is 3.53. The Bertz CT molecular complexity index is 602. The number of carbonyl (C=O) groups is 2. The summed E-state index contributed by atoms with van der Waals surface area (Å²) in [4.78, 5) is 32.1. The summed E-state index contributed by atoms with van der Waals surface area (Å²) in [5.41, 5.74) is 1.04. The number of aryl methyl sites for hydroxylation is 2. The van der Waals surface area contributed by atoms with Crippen molar-refractivity contribution in [3.05, 3.63) is 23.3 Å². The molecule has 2 N–H and O–H groups in total. The number of fused-ring (bicyclic) bond motifs is 2. The summed E-state index contributed by atoms with van der Waals surface area (Å²) in [6, 6.07) is -0.269. The van der Waals surface area contributed by atoms with Gasteiger partial charge in [0.1, 0.15) is 5.82 Å². The van der Waals surface area contributed by atoms with Crippen molar-refractivity contribution in [3.63, 3.8) is 0 Å². The predicted octanol–water partition coefficient (Wildman–Crippen LogP) is 1.32. The molecule has 0 aliphatic heterocycles. The Kier molecular flexibility index (Phi) is 3.39. The maximum Gasteiger partial charge on any atom is 0.308 e. The Balaban J connectivity index is 1.79. The van der Waals surface area contributed by atoms with E-state index >= 15 is 0 Å². The molecule has 0 saturated heterocycles. The number of hydrogen-bond acceptors (Lipinski definition) is 4. The van der Waals surface area contributed by atoms with Gasteiger partial charge in [0.15, 0.2) is 0 Å². The van der Waals surface area contributed by atoms with Gasteiger partial charge in [-0.25, -0.2) is 9.97 Å². The van der Waals surface area contributed by atoms with Crippen LogP contribution in [-0.4, -0.2) is 33.0 Å². The van der Waals surface area contributed by atoms with Crippen LogP contribution in [0, 0.1) is 31.6 Å². The van der Waals surface area contributed by atoms with E-state index in [4.69, 9.17) is 0 Å². The van der Waals surface area contributed by atoms with E-state index in [1.165, 1.54) is 6.20 Å². The van der Waals surface area contributed by atoms with Crippen molar-refractivity contribution in [3.8, 4) is 0 Å². The number of carboxylic acid groups (broad SMARTS) is 1. The molecule has 1 amide bonds. The van der Waals surface area contributed by atoms with Gasteiger partial charge in [-0.3, -0.25) is 9.59 Å². The summed E-state index contributed by atoms with van der Waals surface area (Å²) in [7, 11) is 0. The number of nitrogens with one attached hydrogen (secondary N) is 1. The highest BCUT2D eigenvalue weighted by Crippen LogP contribution is 2.48. The van der Waals surface area contributed by atoms with Crippen LogP contribution in [0.2, 0.25) is 0 Å². The van der Waals surface area contributed by atoms with Crippen molar-refractivity contribution in [2.24, 2.45) is 17.8 Å². The molecule has 6 heteroatoms. The highest BCUT2D eigenvalue weighted by atomic mass is 16.4. The van der Waals surface area contributed by atoms with E-state index < -0.39 is 11.9 Å². The molecule has 112 valence electrons. The molecule has 0 unspecified atom stereocenters. The maximum absolute atomic E-state index is 12.4. The van der Waals surface area contributed by atoms with Crippen LogP contribution in [-0.2, 0) is 4.79 Å². The fraction of sp³-hybridized carbons (Fsp3) is 0.600. The molecule has 1 heterocycles. The number of amides is 1. The molecule has 4 atom stereocenters. The molecule has 2 aliphatic rings. The molecule has 2 bridgehead atoms. The predicted molar refractivity (Wildman–Crippen MR) is 74.7 cm³/mol. The van der Waals surface area contributed by atoms with E-state index in [0.29, 0.717) is 17.1 Å². The minimum atomic E-state index is -0.802. The largest absolute Gasteiger partial charge is 0.481 e. The minimum absolute atomic E-state index is 0.202. The second kappa shape index (κ2) is 5.09. The van der Waals surface area contributed by atoms with Crippen molar-refractivity contribution < 1.29 is 14.7 Å². The first-order valence-corrected chi connectivity index (χ1v) is 7.31. The topological polar surface area (TPSA) is 92.2 Å². The SMILES string of the molecule is Cc1ncc(C(=O)N[C@H]2[C@@H]3CC[C@@H](C3)[C@H]2C(=O)O)c(C)n1. The van der Waals surface area contributed by atoms with Crippen LogP contribution in [0.1, 0.15) is 41.1 Å². The Hall–Kier alpha value is -1.98. The molecule has 0 aromatic carbocycles. The number of hydrogen-bond donors (Lipinski definition) is 2. The molecule has 3 rings (SSSR count). The van der Waals surface area contributed by atoms with Gasteiger partial charge in [-0.15, -0.1) is 0 Å². The lowest BCUT2D eigenvalue weighted by Crippen LogP contribution is -2.47. The fourth-order valence-corrected chi connectivity index (χ4v) is 3.89. The molecule has 0 radical (unpaired) electrons. The zero-order valence-corrected chi connectivity index (χ0v) is 12.2. The monoisotopic (exact) mass is 289 g/mol. The van der Waals surface area contributed by atoms with E-state index in [2.05, 4.69) is 15.3 Å². The van der Waals surface area contributed by atoms with Crippen LogP contribution in [0.5, 0.6) is 0 Å². The van der Waals surface area contributed by atoms with Gasteiger partial charge >= 0.3 is 5.97 Å². The average Bonchev–Trinajstić information content (AvgIpc) is 2.98. The third kappa shape index (κ3) is 2.39. The smallest absolute Gasteiger partial charge is 0.308 e. The highest BCUT2D eigenvalue weighted by Gasteiger charge is 2.51. The molecule has 6 nitrogen and oxygen atoms in total. The van der Waals surface area contributed by atoms with Gasteiger partial charge in [-0.2, -0.15) is 0 Å². The summed E-state index contributed by atoms with van der Waals surface area (Å²) >= 11 is 0. The third-order valence-electron chi connectivity index (χ3n) is 4.84. The van der Waals surface area contributed by atoms with Crippen molar-refractivity contribution in [1.29, 1.82) is 0 Å². The molecular weight excluding hydrogens is 270 g/mol. The van der Waals surface area contributed by atoms with Gasteiger partial charge in [0.05, 0.1) is 17.2 Å². The quantitative estimate of drug-likeness (QED) is 0.875. The first-order valence-electron chi connectivity index (χ1n) is 7.31. The molecular formula is C15H19N3O3. The Morgan fingerprint density at radius 1 is 1.29 bits per heavy atom. The lowest BCUT2D eigenvalue weighted by Gasteiger charge is -2.28. The molecule has 2 aliphatic carbocycles. The van der Waals surface area contributed by atoms with Crippen LogP contribution in [0.15, 0.2) is 6.20 Å². The average molecular weight is 289 g/mol. The number of carbonyl (C=O) groups excluding carboxylic acids is 1. The lowest BCUT2D eigenvalue weighted by molar-refractivity contribution is -0.144. The number of nitrogens with zero attached hydrogens (tertiary/aromatic N) is 2. The molecule has 2 saturated carbocycles. The minimum Gasteiger partial charge on any atom is -0.481 e. The second-order valence-corrected chi connectivity index (χ2v) is 6.11. The normalized spacial score (nSPS) is 30.4. The first-order chi connectivity index (χ1) is 9.97. The summed E-state index contributed by atoms with van der Waals surface area (Å²) in [5.74, 6) is -0.424. The van der Waals surface area contributed by atoms with Crippen LogP contribution < -0.4 is 5.32 Å². The van der Waals surface area contributed by atoms with Gasteiger partial charge in [-0.1, -0.05) is 0 Å². The number of carboxylic acids is 1. The zero-order valence-electron chi connectivity index (χ0n) is 12.2. The first kappa shape index (κ1) is 14.0. The Morgan fingerprint density at radius 2 is 2.00 bits per heavy atom. The van der Waals surface area contributed by atoms with Crippen molar-refractivity contribution in [2.75, 3.05) is 0 Å². The van der Waals surface area contributed by atoms with E-state index in [9.17, 15) is 14.7 Å². The van der Waals surface area contributed by atoms with Crippen molar-refractivity contribution >= 4 is 11.9 Å². The highest BCUT2D eigenvalue weighted by molar-refractivity contribution is 5.95. The van der Waals surface area contributed by atoms with Crippen LogP contribution in [0.25, 0.3) is 0 Å².